The van der Waals surface area contributed by atoms with E-state index in [0.717, 1.165) is 16.5 Å². The summed E-state index contributed by atoms with van der Waals surface area (Å²) in [5, 5.41) is 4.17. The quantitative estimate of drug-likeness (QED) is 0.748. The number of benzene rings is 2. The first-order chi connectivity index (χ1) is 10.1. The van der Waals surface area contributed by atoms with Gasteiger partial charge in [-0.15, -0.1) is 0 Å². The number of hydrogen-bond donors (Lipinski definition) is 2. The van der Waals surface area contributed by atoms with Crippen molar-refractivity contribution in [3.63, 3.8) is 0 Å². The second-order valence-electron chi connectivity index (χ2n) is 5.33. The molecule has 2 aromatic carbocycles. The van der Waals surface area contributed by atoms with E-state index in [1.807, 2.05) is 49.5 Å². The smallest absolute Gasteiger partial charge is 0.251 e. The van der Waals surface area contributed by atoms with E-state index in [0.29, 0.717) is 5.56 Å². The summed E-state index contributed by atoms with van der Waals surface area (Å²) in [4.78, 5) is 15.5. The van der Waals surface area contributed by atoms with E-state index in [9.17, 15) is 4.79 Å². The monoisotopic (exact) mass is 278 g/mol. The van der Waals surface area contributed by atoms with E-state index >= 15 is 0 Å². The maximum Gasteiger partial charge on any atom is 0.251 e. The van der Waals surface area contributed by atoms with Gasteiger partial charge in [0.1, 0.15) is 0 Å². The topological polar surface area (TPSA) is 44.9 Å². The van der Waals surface area contributed by atoms with Crippen molar-refractivity contribution >= 4 is 16.8 Å². The minimum absolute atomic E-state index is 0.0157. The molecule has 0 aliphatic heterocycles. The molecule has 3 aromatic rings. The molecule has 1 unspecified atom stereocenters. The van der Waals surface area contributed by atoms with Gasteiger partial charge < -0.3 is 10.3 Å². The van der Waals surface area contributed by atoms with Crippen LogP contribution in [0.1, 0.15) is 34.5 Å². The number of nitrogens with one attached hydrogen (secondary N) is 2. The average Bonchev–Trinajstić information content (AvgIpc) is 2.94. The first kappa shape index (κ1) is 13.4. The lowest BCUT2D eigenvalue weighted by Gasteiger charge is -2.16. The van der Waals surface area contributed by atoms with Crippen molar-refractivity contribution in [3.05, 3.63) is 71.4 Å². The standard InChI is InChI=1S/C18H18N2O/c1-12-5-3-4-6-16(12)13(2)20-18(21)15-8-7-14-9-10-19-17(14)11-15/h3-11,13,19H,1-2H3,(H,20,21). The van der Waals surface area contributed by atoms with Gasteiger partial charge in [0.2, 0.25) is 0 Å². The van der Waals surface area contributed by atoms with Gasteiger partial charge in [-0.25, -0.2) is 0 Å². The molecule has 2 N–H and O–H groups in total. The number of H-pyrrole nitrogens is 1. The van der Waals surface area contributed by atoms with Crippen LogP contribution in [0, 0.1) is 6.92 Å². The summed E-state index contributed by atoms with van der Waals surface area (Å²) in [6.07, 6.45) is 1.88. The number of carbonyl (C=O) groups excluding carboxylic acids is 1. The molecule has 3 nitrogen and oxygen atoms in total. The first-order valence-electron chi connectivity index (χ1n) is 7.08. The van der Waals surface area contributed by atoms with Crippen LogP contribution >= 0.6 is 0 Å². The summed E-state index contributed by atoms with van der Waals surface area (Å²) >= 11 is 0. The largest absolute Gasteiger partial charge is 0.361 e. The normalized spacial score (nSPS) is 12.3. The Morgan fingerprint density at radius 2 is 1.95 bits per heavy atom. The van der Waals surface area contributed by atoms with E-state index in [1.54, 1.807) is 0 Å². The lowest BCUT2D eigenvalue weighted by atomic mass is 10.0. The van der Waals surface area contributed by atoms with Crippen LogP contribution in [-0.2, 0) is 0 Å². The van der Waals surface area contributed by atoms with E-state index < -0.39 is 0 Å². The summed E-state index contributed by atoms with van der Waals surface area (Å²) < 4.78 is 0. The van der Waals surface area contributed by atoms with Crippen molar-refractivity contribution < 1.29 is 4.79 Å². The third kappa shape index (κ3) is 2.68. The summed E-state index contributed by atoms with van der Waals surface area (Å²) in [7, 11) is 0. The van der Waals surface area contributed by atoms with Crippen LogP contribution in [0.4, 0.5) is 0 Å². The van der Waals surface area contributed by atoms with E-state index in [-0.39, 0.29) is 11.9 Å². The minimum Gasteiger partial charge on any atom is -0.361 e. The van der Waals surface area contributed by atoms with Gasteiger partial charge >= 0.3 is 0 Å². The molecule has 0 aliphatic carbocycles. The molecule has 1 amide bonds. The van der Waals surface area contributed by atoms with Gasteiger partial charge in [0, 0.05) is 17.3 Å². The van der Waals surface area contributed by atoms with Crippen LogP contribution in [0.15, 0.2) is 54.7 Å². The molecule has 21 heavy (non-hydrogen) atoms. The van der Waals surface area contributed by atoms with Crippen molar-refractivity contribution in [3.8, 4) is 0 Å². The Kier molecular flexibility index (Phi) is 3.48. The van der Waals surface area contributed by atoms with Crippen molar-refractivity contribution in [1.82, 2.24) is 10.3 Å². The fourth-order valence-electron chi connectivity index (χ4n) is 2.62. The summed E-state index contributed by atoms with van der Waals surface area (Å²) in [6, 6.07) is 15.8. The van der Waals surface area contributed by atoms with Crippen LogP contribution in [0.5, 0.6) is 0 Å². The minimum atomic E-state index is -0.0535. The first-order valence-corrected chi connectivity index (χ1v) is 7.08. The second kappa shape index (κ2) is 5.44. The fraction of sp³-hybridized carbons (Fsp3) is 0.167. The highest BCUT2D eigenvalue weighted by Gasteiger charge is 2.13. The number of hydrogen-bond acceptors (Lipinski definition) is 1. The average molecular weight is 278 g/mol. The zero-order valence-electron chi connectivity index (χ0n) is 12.2. The van der Waals surface area contributed by atoms with Crippen LogP contribution < -0.4 is 5.32 Å². The summed E-state index contributed by atoms with van der Waals surface area (Å²) in [5.74, 6) is -0.0535. The number of carbonyl (C=O) groups is 1. The Hall–Kier alpha value is -2.55. The third-order valence-electron chi connectivity index (χ3n) is 3.82. The number of rotatable bonds is 3. The molecule has 0 fully saturated rings. The molecule has 0 saturated carbocycles. The molecule has 1 atom stereocenters. The molecule has 0 aliphatic rings. The van der Waals surface area contributed by atoms with Gasteiger partial charge in [0.15, 0.2) is 0 Å². The van der Waals surface area contributed by atoms with Gasteiger partial charge in [-0.3, -0.25) is 4.79 Å². The molecule has 0 radical (unpaired) electrons. The highest BCUT2D eigenvalue weighted by Crippen LogP contribution is 2.18. The molecule has 0 spiro atoms. The lowest BCUT2D eigenvalue weighted by molar-refractivity contribution is 0.0940. The van der Waals surface area contributed by atoms with Gasteiger partial charge in [-0.05, 0) is 48.6 Å². The van der Waals surface area contributed by atoms with Crippen LogP contribution in [0.3, 0.4) is 0 Å². The summed E-state index contributed by atoms with van der Waals surface area (Å²) in [6.45, 7) is 4.07. The zero-order valence-corrected chi connectivity index (χ0v) is 12.2. The number of aromatic amines is 1. The van der Waals surface area contributed by atoms with Gasteiger partial charge in [-0.1, -0.05) is 30.3 Å². The molecule has 3 rings (SSSR count). The second-order valence-corrected chi connectivity index (χ2v) is 5.33. The van der Waals surface area contributed by atoms with Crippen molar-refractivity contribution in [1.29, 1.82) is 0 Å². The molecule has 0 bridgehead atoms. The summed E-state index contributed by atoms with van der Waals surface area (Å²) in [5.41, 5.74) is 3.98. The Morgan fingerprint density at radius 1 is 1.14 bits per heavy atom. The van der Waals surface area contributed by atoms with E-state index in [1.165, 1.54) is 5.56 Å². The lowest BCUT2D eigenvalue weighted by Crippen LogP contribution is -2.27. The molecule has 1 aromatic heterocycles. The molecule has 0 saturated heterocycles. The molecular formula is C18H18N2O. The fourth-order valence-corrected chi connectivity index (χ4v) is 2.62. The van der Waals surface area contributed by atoms with Crippen LogP contribution in [0.2, 0.25) is 0 Å². The highest BCUT2D eigenvalue weighted by atomic mass is 16.1. The van der Waals surface area contributed by atoms with Crippen molar-refractivity contribution in [2.75, 3.05) is 0 Å². The third-order valence-corrected chi connectivity index (χ3v) is 3.82. The number of aryl methyl sites for hydroxylation is 1. The molecule has 106 valence electrons. The molecule has 3 heteroatoms. The zero-order chi connectivity index (χ0) is 14.8. The Labute approximate surface area is 124 Å². The Morgan fingerprint density at radius 3 is 2.76 bits per heavy atom. The predicted octanol–water partition coefficient (Wildman–Crippen LogP) is 3.97. The maximum absolute atomic E-state index is 12.4. The van der Waals surface area contributed by atoms with Crippen LogP contribution in [0.25, 0.3) is 10.9 Å². The maximum atomic E-state index is 12.4. The number of amides is 1. The van der Waals surface area contributed by atoms with Crippen molar-refractivity contribution in [2.24, 2.45) is 0 Å². The van der Waals surface area contributed by atoms with Gasteiger partial charge in [0.05, 0.1) is 6.04 Å². The molecule has 1 heterocycles. The number of fused-ring (bicyclic) bond motifs is 1. The SMILES string of the molecule is Cc1ccccc1C(C)NC(=O)c1ccc2cc[nH]c2c1. The van der Waals surface area contributed by atoms with Crippen LogP contribution in [-0.4, -0.2) is 10.9 Å². The van der Waals surface area contributed by atoms with E-state index in [2.05, 4.69) is 29.4 Å². The Bertz CT molecular complexity index is 789. The highest BCUT2D eigenvalue weighted by molar-refractivity contribution is 5.98. The van der Waals surface area contributed by atoms with Crippen molar-refractivity contribution in [2.45, 2.75) is 19.9 Å². The van der Waals surface area contributed by atoms with Gasteiger partial charge in [-0.2, -0.15) is 0 Å². The van der Waals surface area contributed by atoms with E-state index in [4.69, 9.17) is 0 Å². The van der Waals surface area contributed by atoms with Gasteiger partial charge in [0.25, 0.3) is 5.91 Å². The molecular weight excluding hydrogens is 260 g/mol. The number of aromatic nitrogens is 1. The predicted molar refractivity (Wildman–Crippen MR) is 85.4 cm³/mol. The Balaban J connectivity index is 1.81.